The second-order valence-electron chi connectivity index (χ2n) is 5.61. The van der Waals surface area contributed by atoms with Gasteiger partial charge in [-0.3, -0.25) is 0 Å². The van der Waals surface area contributed by atoms with E-state index in [2.05, 4.69) is 10.3 Å². The molecule has 24 heavy (non-hydrogen) atoms. The molecule has 0 aliphatic carbocycles. The van der Waals surface area contributed by atoms with Crippen molar-refractivity contribution in [2.75, 3.05) is 17.8 Å². The summed E-state index contributed by atoms with van der Waals surface area (Å²) in [5.41, 5.74) is 2.01. The molecule has 1 heterocycles. The van der Waals surface area contributed by atoms with Crippen LogP contribution in [0.3, 0.4) is 0 Å². The topological polar surface area (TPSA) is 96.1 Å². The van der Waals surface area contributed by atoms with Crippen LogP contribution in [0.5, 0.6) is 0 Å². The van der Waals surface area contributed by atoms with Gasteiger partial charge in [0.2, 0.25) is 0 Å². The van der Waals surface area contributed by atoms with Gasteiger partial charge in [-0.05, 0) is 42.5 Å². The standard InChI is InChI=1S/C16H16N2O4S2/c1-23(19,20)13-4-6-15(16(10-13)24(2,21)22)18-12-3-5-14-11(9-12)7-8-17-14/h3-10,17-18H,1-2H3. The van der Waals surface area contributed by atoms with Gasteiger partial charge in [0, 0.05) is 35.3 Å². The predicted molar refractivity (Wildman–Crippen MR) is 94.2 cm³/mol. The van der Waals surface area contributed by atoms with E-state index in [1.165, 1.54) is 18.2 Å². The minimum atomic E-state index is -3.60. The number of H-pyrrole nitrogens is 1. The van der Waals surface area contributed by atoms with E-state index in [1.54, 1.807) is 0 Å². The van der Waals surface area contributed by atoms with E-state index in [4.69, 9.17) is 0 Å². The first kappa shape index (κ1) is 16.5. The van der Waals surface area contributed by atoms with Gasteiger partial charge >= 0.3 is 0 Å². The Labute approximate surface area is 140 Å². The van der Waals surface area contributed by atoms with E-state index in [0.29, 0.717) is 11.4 Å². The van der Waals surface area contributed by atoms with E-state index in [1.807, 2.05) is 30.5 Å². The summed E-state index contributed by atoms with van der Waals surface area (Å²) in [6.45, 7) is 0. The molecular formula is C16H16N2O4S2. The van der Waals surface area contributed by atoms with Gasteiger partial charge in [0.25, 0.3) is 0 Å². The van der Waals surface area contributed by atoms with Crippen LogP contribution < -0.4 is 5.32 Å². The molecule has 2 aromatic carbocycles. The van der Waals surface area contributed by atoms with Crippen molar-refractivity contribution in [3.8, 4) is 0 Å². The van der Waals surface area contributed by atoms with Gasteiger partial charge in [-0.1, -0.05) is 0 Å². The van der Waals surface area contributed by atoms with Crippen molar-refractivity contribution in [2.45, 2.75) is 9.79 Å². The average molecular weight is 364 g/mol. The quantitative estimate of drug-likeness (QED) is 0.742. The molecule has 0 unspecified atom stereocenters. The predicted octanol–water partition coefficient (Wildman–Crippen LogP) is 2.72. The Morgan fingerprint density at radius 3 is 2.29 bits per heavy atom. The Morgan fingerprint density at radius 2 is 1.62 bits per heavy atom. The zero-order valence-corrected chi connectivity index (χ0v) is 14.7. The third-order valence-corrected chi connectivity index (χ3v) is 5.86. The molecule has 0 fully saturated rings. The van der Waals surface area contributed by atoms with Crippen molar-refractivity contribution < 1.29 is 16.8 Å². The maximum atomic E-state index is 12.1. The van der Waals surface area contributed by atoms with Crippen LogP contribution in [0, 0.1) is 0 Å². The highest BCUT2D eigenvalue weighted by Crippen LogP contribution is 2.29. The molecule has 0 aliphatic heterocycles. The number of hydrogen-bond donors (Lipinski definition) is 2. The van der Waals surface area contributed by atoms with Crippen molar-refractivity contribution in [3.63, 3.8) is 0 Å². The second-order valence-corrected chi connectivity index (χ2v) is 9.61. The molecule has 0 saturated heterocycles. The number of fused-ring (bicyclic) bond motifs is 1. The number of hydrogen-bond acceptors (Lipinski definition) is 5. The van der Waals surface area contributed by atoms with Crippen molar-refractivity contribution in [1.82, 2.24) is 4.98 Å². The summed E-state index contributed by atoms with van der Waals surface area (Å²) >= 11 is 0. The number of sulfone groups is 2. The monoisotopic (exact) mass is 364 g/mol. The third kappa shape index (κ3) is 3.29. The normalized spacial score (nSPS) is 12.4. The molecule has 0 amide bonds. The smallest absolute Gasteiger partial charge is 0.177 e. The maximum Gasteiger partial charge on any atom is 0.177 e. The lowest BCUT2D eigenvalue weighted by Crippen LogP contribution is -2.06. The molecule has 126 valence electrons. The number of rotatable bonds is 4. The average Bonchev–Trinajstić information content (AvgIpc) is 2.93. The highest BCUT2D eigenvalue weighted by atomic mass is 32.2. The Bertz CT molecular complexity index is 1130. The lowest BCUT2D eigenvalue weighted by Gasteiger charge is -2.12. The summed E-state index contributed by atoms with van der Waals surface area (Å²) in [7, 11) is -7.09. The SMILES string of the molecule is CS(=O)(=O)c1ccc(Nc2ccc3[nH]ccc3c2)c(S(C)(=O)=O)c1. The van der Waals surface area contributed by atoms with Crippen molar-refractivity contribution >= 4 is 42.0 Å². The molecule has 0 spiro atoms. The molecule has 0 saturated carbocycles. The van der Waals surface area contributed by atoms with E-state index in [0.717, 1.165) is 23.4 Å². The number of benzene rings is 2. The summed E-state index contributed by atoms with van der Waals surface area (Å²) < 4.78 is 47.5. The fourth-order valence-corrected chi connectivity index (χ4v) is 4.01. The Hall–Kier alpha value is -2.32. The summed E-state index contributed by atoms with van der Waals surface area (Å²) in [4.78, 5) is 2.99. The Balaban J connectivity index is 2.09. The van der Waals surface area contributed by atoms with E-state index >= 15 is 0 Å². The number of aromatic nitrogens is 1. The van der Waals surface area contributed by atoms with Crippen molar-refractivity contribution in [1.29, 1.82) is 0 Å². The van der Waals surface area contributed by atoms with Gasteiger partial charge in [0.15, 0.2) is 19.7 Å². The van der Waals surface area contributed by atoms with Crippen LogP contribution in [0.2, 0.25) is 0 Å². The van der Waals surface area contributed by atoms with Crippen LogP contribution in [-0.4, -0.2) is 34.3 Å². The number of anilines is 2. The van der Waals surface area contributed by atoms with Crippen LogP contribution in [-0.2, 0) is 19.7 Å². The second kappa shape index (κ2) is 5.64. The van der Waals surface area contributed by atoms with Crippen LogP contribution in [0.25, 0.3) is 10.9 Å². The van der Waals surface area contributed by atoms with Crippen LogP contribution in [0.4, 0.5) is 11.4 Å². The molecule has 8 heteroatoms. The molecular weight excluding hydrogens is 348 g/mol. The van der Waals surface area contributed by atoms with Gasteiger partial charge in [-0.25, -0.2) is 16.8 Å². The largest absolute Gasteiger partial charge is 0.361 e. The Kier molecular flexibility index (Phi) is 3.89. The summed E-state index contributed by atoms with van der Waals surface area (Å²) in [5, 5.41) is 4.03. The molecule has 1 aromatic heterocycles. The fourth-order valence-electron chi connectivity index (χ4n) is 2.43. The molecule has 2 N–H and O–H groups in total. The molecule has 0 aliphatic rings. The summed E-state index contributed by atoms with van der Waals surface area (Å²) in [6, 6.07) is 11.5. The van der Waals surface area contributed by atoms with E-state index in [9.17, 15) is 16.8 Å². The molecule has 6 nitrogen and oxygen atoms in total. The zero-order chi connectivity index (χ0) is 17.5. The van der Waals surface area contributed by atoms with Gasteiger partial charge in [0.1, 0.15) is 0 Å². The van der Waals surface area contributed by atoms with Crippen LogP contribution >= 0.6 is 0 Å². The molecule has 0 bridgehead atoms. The van der Waals surface area contributed by atoms with E-state index < -0.39 is 19.7 Å². The maximum absolute atomic E-state index is 12.1. The van der Waals surface area contributed by atoms with Gasteiger partial charge < -0.3 is 10.3 Å². The minimum Gasteiger partial charge on any atom is -0.361 e. The van der Waals surface area contributed by atoms with Crippen LogP contribution in [0.1, 0.15) is 0 Å². The number of nitrogens with one attached hydrogen (secondary N) is 2. The fraction of sp³-hybridized carbons (Fsp3) is 0.125. The molecule has 3 rings (SSSR count). The molecule has 3 aromatic rings. The zero-order valence-electron chi connectivity index (χ0n) is 13.1. The van der Waals surface area contributed by atoms with Gasteiger partial charge in [-0.2, -0.15) is 0 Å². The summed E-state index contributed by atoms with van der Waals surface area (Å²) in [5.74, 6) is 0. The molecule has 0 atom stereocenters. The lowest BCUT2D eigenvalue weighted by molar-refractivity contribution is 0.600. The van der Waals surface area contributed by atoms with Gasteiger partial charge in [0.05, 0.1) is 15.5 Å². The number of aromatic amines is 1. The first-order chi connectivity index (χ1) is 11.1. The highest BCUT2D eigenvalue weighted by Gasteiger charge is 2.18. The van der Waals surface area contributed by atoms with Crippen molar-refractivity contribution in [2.24, 2.45) is 0 Å². The van der Waals surface area contributed by atoms with Crippen molar-refractivity contribution in [3.05, 3.63) is 48.7 Å². The minimum absolute atomic E-state index is 0.0328. The van der Waals surface area contributed by atoms with Crippen LogP contribution in [0.15, 0.2) is 58.5 Å². The third-order valence-electron chi connectivity index (χ3n) is 3.61. The first-order valence-electron chi connectivity index (χ1n) is 7.03. The van der Waals surface area contributed by atoms with Gasteiger partial charge in [-0.15, -0.1) is 0 Å². The highest BCUT2D eigenvalue weighted by molar-refractivity contribution is 7.91. The first-order valence-corrected chi connectivity index (χ1v) is 10.8. The Morgan fingerprint density at radius 1 is 0.875 bits per heavy atom. The summed E-state index contributed by atoms with van der Waals surface area (Å²) in [6.07, 6.45) is 3.91. The van der Waals surface area contributed by atoms with E-state index in [-0.39, 0.29) is 9.79 Å². The molecule has 0 radical (unpaired) electrons. The lowest BCUT2D eigenvalue weighted by atomic mass is 10.2.